The quantitative estimate of drug-likeness (QED) is 0.404. The van der Waals surface area contributed by atoms with Crippen molar-refractivity contribution >= 4 is 0 Å². The number of hydrogen-bond donors (Lipinski definition) is 1. The smallest absolute Gasteiger partial charge is 0.250 e. The summed E-state index contributed by atoms with van der Waals surface area (Å²) in [6.45, 7) is 0. The van der Waals surface area contributed by atoms with E-state index in [9.17, 15) is 4.79 Å². The molecule has 3 heteroatoms. The summed E-state index contributed by atoms with van der Waals surface area (Å²) < 4.78 is 1.46. The minimum atomic E-state index is -0.0485. The second-order valence-electron chi connectivity index (χ2n) is 2.14. The molecule has 0 aliphatic rings. The number of aryl methyl sites for hydroxylation is 1. The molecule has 0 fully saturated rings. The zero-order valence-corrected chi connectivity index (χ0v) is 6.16. The molecular formula is C8H8N2O. The van der Waals surface area contributed by atoms with Crippen LogP contribution in [0.15, 0.2) is 23.1 Å². The highest BCUT2D eigenvalue weighted by Crippen LogP contribution is 1.89. The van der Waals surface area contributed by atoms with Crippen LogP contribution in [0.3, 0.4) is 0 Å². The maximum absolute atomic E-state index is 10.9. The van der Waals surface area contributed by atoms with Crippen molar-refractivity contribution in [3.05, 3.63) is 34.2 Å². The van der Waals surface area contributed by atoms with Gasteiger partial charge in [-0.25, -0.2) is 0 Å². The Morgan fingerprint density at radius 2 is 2.27 bits per heavy atom. The first-order valence-electron chi connectivity index (χ1n) is 3.12. The Labute approximate surface area is 64.5 Å². The summed E-state index contributed by atoms with van der Waals surface area (Å²) in [6.07, 6.45) is 1.64. The van der Waals surface area contributed by atoms with Crippen molar-refractivity contribution in [1.29, 1.82) is 0 Å². The fourth-order valence-electron chi connectivity index (χ4n) is 0.751. The zero-order chi connectivity index (χ0) is 8.27. The van der Waals surface area contributed by atoms with Gasteiger partial charge in [-0.1, -0.05) is 0 Å². The van der Waals surface area contributed by atoms with E-state index in [1.807, 2.05) is 0 Å². The molecule has 0 aliphatic carbocycles. The van der Waals surface area contributed by atoms with Crippen LogP contribution in [0, 0.1) is 12.0 Å². The molecule has 0 atom stereocenters. The van der Waals surface area contributed by atoms with Crippen LogP contribution in [0.1, 0.15) is 5.56 Å². The number of nitrogens with zero attached hydrogens (tertiary/aromatic N) is 1. The van der Waals surface area contributed by atoms with Crippen LogP contribution in [0.4, 0.5) is 0 Å². The molecule has 0 aromatic carbocycles. The van der Waals surface area contributed by atoms with Crippen LogP contribution in [0.5, 0.6) is 0 Å². The first-order chi connectivity index (χ1) is 5.24. The van der Waals surface area contributed by atoms with Crippen LogP contribution in [0.2, 0.25) is 0 Å². The van der Waals surface area contributed by atoms with Gasteiger partial charge >= 0.3 is 0 Å². The molecule has 2 N–H and O–H groups in total. The predicted octanol–water partition coefficient (Wildman–Crippen LogP) is -0.347. The second kappa shape index (κ2) is 2.93. The minimum absolute atomic E-state index is 0.0485. The first kappa shape index (κ1) is 7.42. The Kier molecular flexibility index (Phi) is 1.98. The molecule has 0 saturated heterocycles. The van der Waals surface area contributed by atoms with Gasteiger partial charge in [0.05, 0.1) is 0 Å². The first-order valence-corrected chi connectivity index (χ1v) is 3.12. The lowest BCUT2D eigenvalue weighted by Gasteiger charge is -1.94. The van der Waals surface area contributed by atoms with Crippen LogP contribution < -0.4 is 11.3 Å². The van der Waals surface area contributed by atoms with Gasteiger partial charge in [-0.05, 0) is 12.0 Å². The average Bonchev–Trinajstić information content (AvgIpc) is 1.98. The van der Waals surface area contributed by atoms with E-state index in [1.165, 1.54) is 10.6 Å². The Balaban J connectivity index is 3.22. The SMILES string of the molecule is Cn1cc(C#CN)ccc1=O. The molecule has 1 aromatic heterocycles. The van der Waals surface area contributed by atoms with E-state index in [4.69, 9.17) is 5.73 Å². The largest absolute Gasteiger partial charge is 0.359 e. The molecule has 0 aliphatic heterocycles. The third-order valence-corrected chi connectivity index (χ3v) is 1.30. The predicted molar refractivity (Wildman–Crippen MR) is 42.7 cm³/mol. The minimum Gasteiger partial charge on any atom is -0.359 e. The molecule has 3 nitrogen and oxygen atoms in total. The number of rotatable bonds is 0. The van der Waals surface area contributed by atoms with E-state index in [1.54, 1.807) is 19.3 Å². The van der Waals surface area contributed by atoms with Crippen molar-refractivity contribution in [2.45, 2.75) is 0 Å². The molecule has 0 unspecified atom stereocenters. The Bertz CT molecular complexity index is 368. The third-order valence-electron chi connectivity index (χ3n) is 1.30. The highest BCUT2D eigenvalue weighted by atomic mass is 16.1. The van der Waals surface area contributed by atoms with Crippen LogP contribution >= 0.6 is 0 Å². The van der Waals surface area contributed by atoms with Crippen LogP contribution in [-0.2, 0) is 7.05 Å². The molecule has 1 rings (SSSR count). The van der Waals surface area contributed by atoms with E-state index in [0.717, 1.165) is 5.56 Å². The van der Waals surface area contributed by atoms with Crippen molar-refractivity contribution < 1.29 is 0 Å². The van der Waals surface area contributed by atoms with Gasteiger partial charge in [-0.15, -0.1) is 0 Å². The lowest BCUT2D eigenvalue weighted by Crippen LogP contribution is -2.14. The monoisotopic (exact) mass is 148 g/mol. The maximum Gasteiger partial charge on any atom is 0.250 e. The van der Waals surface area contributed by atoms with Gasteiger partial charge in [0, 0.05) is 30.9 Å². The molecule has 1 aromatic rings. The summed E-state index contributed by atoms with van der Waals surface area (Å²) in [4.78, 5) is 10.9. The van der Waals surface area contributed by atoms with Crippen LogP contribution in [0.25, 0.3) is 0 Å². The number of nitrogens with two attached hydrogens (primary N) is 1. The van der Waals surface area contributed by atoms with E-state index >= 15 is 0 Å². The average molecular weight is 148 g/mol. The normalized spacial score (nSPS) is 8.45. The summed E-state index contributed by atoms with van der Waals surface area (Å²) in [6, 6.07) is 5.36. The lowest BCUT2D eigenvalue weighted by molar-refractivity contribution is 0.857. The Morgan fingerprint density at radius 1 is 1.55 bits per heavy atom. The standard InChI is InChI=1S/C8H8N2O/c1-10-6-7(4-5-9)2-3-8(10)11/h2-3,6H,9H2,1H3. The summed E-state index contributed by atoms with van der Waals surface area (Å²) in [5, 5.41) is 0. The van der Waals surface area contributed by atoms with Crippen molar-refractivity contribution in [3.8, 4) is 12.0 Å². The van der Waals surface area contributed by atoms with Gasteiger partial charge in [0.2, 0.25) is 5.56 Å². The molecule has 0 bridgehead atoms. The molecule has 56 valence electrons. The number of pyridine rings is 1. The highest BCUT2D eigenvalue weighted by molar-refractivity contribution is 5.30. The molecule has 11 heavy (non-hydrogen) atoms. The van der Waals surface area contributed by atoms with Gasteiger partial charge in [0.25, 0.3) is 0 Å². The topological polar surface area (TPSA) is 48.0 Å². The van der Waals surface area contributed by atoms with Gasteiger partial charge in [0.15, 0.2) is 0 Å². The van der Waals surface area contributed by atoms with E-state index < -0.39 is 0 Å². The van der Waals surface area contributed by atoms with Crippen molar-refractivity contribution in [2.75, 3.05) is 0 Å². The van der Waals surface area contributed by atoms with Crippen molar-refractivity contribution in [1.82, 2.24) is 4.57 Å². The third kappa shape index (κ3) is 1.62. The fraction of sp³-hybridized carbons (Fsp3) is 0.125. The van der Waals surface area contributed by atoms with Gasteiger partial charge < -0.3 is 10.3 Å². The summed E-state index contributed by atoms with van der Waals surface area (Å²) in [5.41, 5.74) is 5.70. The van der Waals surface area contributed by atoms with E-state index in [2.05, 4.69) is 12.0 Å². The van der Waals surface area contributed by atoms with Gasteiger partial charge in [-0.3, -0.25) is 4.79 Å². The molecular weight excluding hydrogens is 140 g/mol. The lowest BCUT2D eigenvalue weighted by atomic mass is 10.3. The summed E-state index contributed by atoms with van der Waals surface area (Å²) in [5.74, 6) is 2.64. The fourth-order valence-corrected chi connectivity index (χ4v) is 0.751. The molecule has 0 spiro atoms. The zero-order valence-electron chi connectivity index (χ0n) is 6.16. The number of hydrogen-bond acceptors (Lipinski definition) is 2. The van der Waals surface area contributed by atoms with Crippen molar-refractivity contribution in [2.24, 2.45) is 12.8 Å². The van der Waals surface area contributed by atoms with Gasteiger partial charge in [-0.2, -0.15) is 0 Å². The van der Waals surface area contributed by atoms with E-state index in [-0.39, 0.29) is 5.56 Å². The molecule has 0 saturated carbocycles. The van der Waals surface area contributed by atoms with Gasteiger partial charge in [0.1, 0.15) is 0 Å². The Hall–Kier alpha value is -1.69. The Morgan fingerprint density at radius 3 is 2.82 bits per heavy atom. The van der Waals surface area contributed by atoms with Crippen LogP contribution in [-0.4, -0.2) is 4.57 Å². The highest BCUT2D eigenvalue weighted by Gasteiger charge is 1.89. The summed E-state index contributed by atoms with van der Waals surface area (Å²) in [7, 11) is 1.67. The molecule has 1 heterocycles. The van der Waals surface area contributed by atoms with Crippen molar-refractivity contribution in [3.63, 3.8) is 0 Å². The second-order valence-corrected chi connectivity index (χ2v) is 2.14. The maximum atomic E-state index is 10.9. The summed E-state index contributed by atoms with van der Waals surface area (Å²) >= 11 is 0. The molecule has 0 amide bonds. The number of aromatic nitrogens is 1. The van der Waals surface area contributed by atoms with E-state index in [0.29, 0.717) is 0 Å². The molecule has 0 radical (unpaired) electrons.